The summed E-state index contributed by atoms with van der Waals surface area (Å²) in [5, 5.41) is 7.46. The molecule has 2 aromatic carbocycles. The Bertz CT molecular complexity index is 847. The molecule has 0 saturated carbocycles. The number of aromatic nitrogens is 2. The molecule has 0 unspecified atom stereocenters. The van der Waals surface area contributed by atoms with Crippen molar-refractivity contribution in [1.29, 1.82) is 0 Å². The number of benzene rings is 2. The second-order valence-electron chi connectivity index (χ2n) is 4.31. The Kier molecular flexibility index (Phi) is 3.31. The van der Waals surface area contributed by atoms with Gasteiger partial charge in [0.2, 0.25) is 0 Å². The molecule has 0 spiro atoms. The highest BCUT2D eigenvalue weighted by atomic mass is 35.5. The highest BCUT2D eigenvalue weighted by Crippen LogP contribution is 2.20. The second kappa shape index (κ2) is 5.14. The third-order valence-electron chi connectivity index (χ3n) is 2.90. The van der Waals surface area contributed by atoms with Crippen molar-refractivity contribution < 1.29 is 13.6 Å². The van der Waals surface area contributed by atoms with Crippen LogP contribution in [0.2, 0.25) is 5.02 Å². The Morgan fingerprint density at radius 3 is 2.76 bits per heavy atom. The molecule has 0 radical (unpaired) electrons. The quantitative estimate of drug-likeness (QED) is 0.737. The lowest BCUT2D eigenvalue weighted by Gasteiger charge is -2.07. The molecule has 1 amide bonds. The molecule has 1 heterocycles. The SMILES string of the molecule is O=C(Nc1ccc(F)cc1F)n1ncc2cc(Cl)ccc21. The molecule has 0 bridgehead atoms. The van der Waals surface area contributed by atoms with E-state index in [2.05, 4.69) is 10.4 Å². The minimum absolute atomic E-state index is 0.126. The van der Waals surface area contributed by atoms with Gasteiger partial charge in [0.1, 0.15) is 11.6 Å². The molecule has 1 N–H and O–H groups in total. The normalized spacial score (nSPS) is 10.8. The molecular weight excluding hydrogens is 300 g/mol. The van der Waals surface area contributed by atoms with Gasteiger partial charge in [0.05, 0.1) is 17.4 Å². The summed E-state index contributed by atoms with van der Waals surface area (Å²) in [7, 11) is 0. The molecule has 4 nitrogen and oxygen atoms in total. The zero-order valence-electron chi connectivity index (χ0n) is 10.5. The number of nitrogens with zero attached hydrogens (tertiary/aromatic N) is 2. The molecule has 3 rings (SSSR count). The average molecular weight is 308 g/mol. The van der Waals surface area contributed by atoms with Crippen molar-refractivity contribution >= 4 is 34.2 Å². The van der Waals surface area contributed by atoms with Gasteiger partial charge in [-0.15, -0.1) is 0 Å². The third-order valence-corrected chi connectivity index (χ3v) is 3.13. The molecule has 0 atom stereocenters. The first kappa shape index (κ1) is 13.5. The Balaban J connectivity index is 1.94. The van der Waals surface area contributed by atoms with Gasteiger partial charge in [0.15, 0.2) is 0 Å². The Labute approximate surface area is 122 Å². The summed E-state index contributed by atoms with van der Waals surface area (Å²) in [6, 6.07) is 7.14. The van der Waals surface area contributed by atoms with Crippen molar-refractivity contribution in [2.24, 2.45) is 0 Å². The molecule has 7 heteroatoms. The standard InChI is InChI=1S/C14H8ClF2N3O/c15-9-1-4-13-8(5-9)7-18-20(13)14(21)19-12-3-2-10(16)6-11(12)17/h1-7H,(H,19,21). The van der Waals surface area contributed by atoms with Crippen molar-refractivity contribution in [2.45, 2.75) is 0 Å². The van der Waals surface area contributed by atoms with Crippen molar-refractivity contribution in [3.63, 3.8) is 0 Å². The van der Waals surface area contributed by atoms with Crippen LogP contribution in [0.3, 0.4) is 0 Å². The minimum atomic E-state index is -0.858. The van der Waals surface area contributed by atoms with Crippen LogP contribution in [0, 0.1) is 11.6 Å². The van der Waals surface area contributed by atoms with Crippen LogP contribution in [0.5, 0.6) is 0 Å². The Morgan fingerprint density at radius 2 is 2.00 bits per heavy atom. The lowest BCUT2D eigenvalue weighted by molar-refractivity contribution is 0.251. The van der Waals surface area contributed by atoms with Crippen LogP contribution in [0.1, 0.15) is 0 Å². The van der Waals surface area contributed by atoms with Crippen molar-refractivity contribution in [3.8, 4) is 0 Å². The largest absolute Gasteiger partial charge is 0.347 e. The second-order valence-corrected chi connectivity index (χ2v) is 4.75. The molecule has 0 saturated heterocycles. The number of rotatable bonds is 1. The number of carbonyl (C=O) groups is 1. The fourth-order valence-electron chi connectivity index (χ4n) is 1.92. The highest BCUT2D eigenvalue weighted by Gasteiger charge is 2.13. The fourth-order valence-corrected chi connectivity index (χ4v) is 2.11. The van der Waals surface area contributed by atoms with E-state index in [1.54, 1.807) is 18.2 Å². The van der Waals surface area contributed by atoms with Gasteiger partial charge in [-0.25, -0.2) is 13.6 Å². The summed E-state index contributed by atoms with van der Waals surface area (Å²) in [5.74, 6) is -1.58. The number of amides is 1. The van der Waals surface area contributed by atoms with Crippen molar-refractivity contribution in [2.75, 3.05) is 5.32 Å². The number of nitrogens with one attached hydrogen (secondary N) is 1. The predicted octanol–water partition coefficient (Wildman–Crippen LogP) is 4.05. The van der Waals surface area contributed by atoms with Gasteiger partial charge in [0, 0.05) is 16.5 Å². The Hall–Kier alpha value is -2.47. The summed E-state index contributed by atoms with van der Waals surface area (Å²) >= 11 is 5.85. The summed E-state index contributed by atoms with van der Waals surface area (Å²) in [6.45, 7) is 0. The van der Waals surface area contributed by atoms with Crippen LogP contribution in [-0.2, 0) is 0 Å². The lowest BCUT2D eigenvalue weighted by Crippen LogP contribution is -2.21. The summed E-state index contributed by atoms with van der Waals surface area (Å²) in [4.78, 5) is 12.1. The van der Waals surface area contributed by atoms with E-state index in [0.29, 0.717) is 22.0 Å². The topological polar surface area (TPSA) is 46.9 Å². The van der Waals surface area contributed by atoms with E-state index in [-0.39, 0.29) is 5.69 Å². The summed E-state index contributed by atoms with van der Waals surface area (Å²) < 4.78 is 27.4. The first-order valence-corrected chi connectivity index (χ1v) is 6.32. The van der Waals surface area contributed by atoms with Crippen molar-refractivity contribution in [3.05, 3.63) is 59.3 Å². The first-order valence-electron chi connectivity index (χ1n) is 5.94. The fraction of sp³-hybridized carbons (Fsp3) is 0. The predicted molar refractivity (Wildman–Crippen MR) is 75.5 cm³/mol. The highest BCUT2D eigenvalue weighted by molar-refractivity contribution is 6.31. The summed E-state index contributed by atoms with van der Waals surface area (Å²) in [6.07, 6.45) is 1.47. The van der Waals surface area contributed by atoms with E-state index in [1.807, 2.05) is 0 Å². The van der Waals surface area contributed by atoms with Gasteiger partial charge in [-0.1, -0.05) is 11.6 Å². The first-order chi connectivity index (χ1) is 10.0. The smallest absolute Gasteiger partial charge is 0.303 e. The molecule has 106 valence electrons. The zero-order chi connectivity index (χ0) is 15.0. The van der Waals surface area contributed by atoms with E-state index in [0.717, 1.165) is 16.8 Å². The van der Waals surface area contributed by atoms with E-state index >= 15 is 0 Å². The Morgan fingerprint density at radius 1 is 1.19 bits per heavy atom. The number of halogens is 3. The van der Waals surface area contributed by atoms with Crippen LogP contribution in [0.4, 0.5) is 19.3 Å². The molecule has 1 aromatic heterocycles. The monoisotopic (exact) mass is 307 g/mol. The van der Waals surface area contributed by atoms with Gasteiger partial charge in [-0.2, -0.15) is 9.78 Å². The molecule has 0 aliphatic rings. The molecular formula is C14H8ClF2N3O. The molecule has 0 fully saturated rings. The zero-order valence-corrected chi connectivity index (χ0v) is 11.2. The third kappa shape index (κ3) is 2.57. The number of hydrogen-bond donors (Lipinski definition) is 1. The van der Waals surface area contributed by atoms with Gasteiger partial charge >= 0.3 is 6.03 Å². The van der Waals surface area contributed by atoms with Gasteiger partial charge < -0.3 is 5.32 Å². The van der Waals surface area contributed by atoms with Gasteiger partial charge in [0.25, 0.3) is 0 Å². The van der Waals surface area contributed by atoms with Crippen LogP contribution >= 0.6 is 11.6 Å². The van der Waals surface area contributed by atoms with Crippen LogP contribution in [0.25, 0.3) is 10.9 Å². The number of carbonyl (C=O) groups excluding carboxylic acids is 1. The molecule has 21 heavy (non-hydrogen) atoms. The minimum Gasteiger partial charge on any atom is -0.303 e. The summed E-state index contributed by atoms with van der Waals surface area (Å²) in [5.41, 5.74) is 0.401. The van der Waals surface area contributed by atoms with Crippen LogP contribution < -0.4 is 5.32 Å². The van der Waals surface area contributed by atoms with E-state index in [1.165, 1.54) is 6.20 Å². The van der Waals surface area contributed by atoms with Crippen LogP contribution in [0.15, 0.2) is 42.6 Å². The maximum atomic E-state index is 13.5. The van der Waals surface area contributed by atoms with Gasteiger partial charge in [-0.05, 0) is 30.3 Å². The molecule has 0 aliphatic carbocycles. The van der Waals surface area contributed by atoms with E-state index in [4.69, 9.17) is 11.6 Å². The lowest BCUT2D eigenvalue weighted by atomic mass is 10.2. The van der Waals surface area contributed by atoms with E-state index in [9.17, 15) is 13.6 Å². The van der Waals surface area contributed by atoms with Gasteiger partial charge in [-0.3, -0.25) is 0 Å². The number of fused-ring (bicyclic) bond motifs is 1. The average Bonchev–Trinajstić information content (AvgIpc) is 2.84. The van der Waals surface area contributed by atoms with Crippen molar-refractivity contribution in [1.82, 2.24) is 9.78 Å². The molecule has 3 aromatic rings. The maximum Gasteiger partial charge on any atom is 0.347 e. The molecule has 0 aliphatic heterocycles. The van der Waals surface area contributed by atoms with E-state index < -0.39 is 17.7 Å². The van der Waals surface area contributed by atoms with Crippen LogP contribution in [-0.4, -0.2) is 15.8 Å². The number of anilines is 1. The maximum absolute atomic E-state index is 13.5. The number of hydrogen-bond acceptors (Lipinski definition) is 2.